The molecule has 0 aliphatic carbocycles. The molecule has 0 bridgehead atoms. The third-order valence-corrected chi connectivity index (χ3v) is 5.75. The third kappa shape index (κ3) is 5.39. The number of hydrogen-bond donors (Lipinski definition) is 1. The Morgan fingerprint density at radius 1 is 1.52 bits per heavy atom. The van der Waals surface area contributed by atoms with E-state index in [0.717, 1.165) is 10.6 Å². The largest absolute Gasteiger partial charge is 0.496 e. The standard InChI is InChI=1S/C14H20N2O7S2/c1-22-10-5-12(24-9-10)14(19)15-3-4-23-11(6-15)7-16(8-13(17)18)25(2,20)21/h5,9,11H,3-4,6-8H2,1-2H3,(H,17,18). The summed E-state index contributed by atoms with van der Waals surface area (Å²) in [5.41, 5.74) is 0. The van der Waals surface area contributed by atoms with Gasteiger partial charge in [-0.2, -0.15) is 4.31 Å². The topological polar surface area (TPSA) is 113 Å². The van der Waals surface area contributed by atoms with E-state index in [4.69, 9.17) is 14.6 Å². The van der Waals surface area contributed by atoms with Gasteiger partial charge in [-0.05, 0) is 0 Å². The number of carbonyl (C=O) groups excluding carboxylic acids is 1. The first-order valence-electron chi connectivity index (χ1n) is 7.41. The predicted molar refractivity (Wildman–Crippen MR) is 90.6 cm³/mol. The number of carboxylic acids is 1. The maximum Gasteiger partial charge on any atom is 0.318 e. The average molecular weight is 392 g/mol. The van der Waals surface area contributed by atoms with Gasteiger partial charge in [-0.1, -0.05) is 0 Å². The molecule has 0 aromatic carbocycles. The Hall–Kier alpha value is -1.69. The molecular weight excluding hydrogens is 372 g/mol. The van der Waals surface area contributed by atoms with Gasteiger partial charge in [0.2, 0.25) is 10.0 Å². The fourth-order valence-corrected chi connectivity index (χ4v) is 4.01. The lowest BCUT2D eigenvalue weighted by atomic mass is 10.2. The highest BCUT2D eigenvalue weighted by molar-refractivity contribution is 7.88. The summed E-state index contributed by atoms with van der Waals surface area (Å²) in [4.78, 5) is 25.5. The lowest BCUT2D eigenvalue weighted by Gasteiger charge is -2.34. The van der Waals surface area contributed by atoms with Crippen molar-refractivity contribution in [1.82, 2.24) is 9.21 Å². The first-order valence-corrected chi connectivity index (χ1v) is 10.1. The van der Waals surface area contributed by atoms with Crippen LogP contribution in [0.1, 0.15) is 9.67 Å². The molecule has 1 atom stereocenters. The zero-order chi connectivity index (χ0) is 18.6. The van der Waals surface area contributed by atoms with Gasteiger partial charge in [-0.15, -0.1) is 11.3 Å². The highest BCUT2D eigenvalue weighted by Gasteiger charge is 2.30. The van der Waals surface area contributed by atoms with Gasteiger partial charge < -0.3 is 19.5 Å². The van der Waals surface area contributed by atoms with E-state index in [9.17, 15) is 18.0 Å². The van der Waals surface area contributed by atoms with Gasteiger partial charge in [-0.3, -0.25) is 9.59 Å². The fourth-order valence-electron chi connectivity index (χ4n) is 2.40. The molecule has 1 aromatic heterocycles. The number of aliphatic carboxylic acids is 1. The van der Waals surface area contributed by atoms with Crippen molar-refractivity contribution in [2.24, 2.45) is 0 Å². The number of carbonyl (C=O) groups is 2. The number of carboxylic acid groups (broad SMARTS) is 1. The molecule has 0 saturated carbocycles. The number of hydrogen-bond acceptors (Lipinski definition) is 7. The van der Waals surface area contributed by atoms with E-state index in [2.05, 4.69) is 0 Å². The SMILES string of the molecule is COc1csc(C(=O)N2CCOC(CN(CC(=O)O)S(C)(=O)=O)C2)c1. The van der Waals surface area contributed by atoms with E-state index >= 15 is 0 Å². The Bertz CT molecular complexity index is 731. The molecule has 1 amide bonds. The van der Waals surface area contributed by atoms with Crippen LogP contribution in [-0.2, 0) is 19.6 Å². The van der Waals surface area contributed by atoms with Gasteiger partial charge in [0.15, 0.2) is 0 Å². The van der Waals surface area contributed by atoms with Crippen molar-refractivity contribution in [2.45, 2.75) is 6.10 Å². The number of rotatable bonds is 7. The van der Waals surface area contributed by atoms with Crippen molar-refractivity contribution in [3.63, 3.8) is 0 Å². The normalized spacial score (nSPS) is 18.4. The summed E-state index contributed by atoms with van der Waals surface area (Å²) in [7, 11) is -2.18. The van der Waals surface area contributed by atoms with Gasteiger partial charge >= 0.3 is 5.97 Å². The second-order valence-corrected chi connectivity index (χ2v) is 8.44. The summed E-state index contributed by atoms with van der Waals surface area (Å²) in [5, 5.41) is 10.6. The summed E-state index contributed by atoms with van der Waals surface area (Å²) in [5.74, 6) is -0.839. The van der Waals surface area contributed by atoms with Crippen molar-refractivity contribution in [3.05, 3.63) is 16.3 Å². The zero-order valence-electron chi connectivity index (χ0n) is 13.9. The lowest BCUT2D eigenvalue weighted by Crippen LogP contribution is -2.51. The second-order valence-electron chi connectivity index (χ2n) is 5.54. The molecule has 0 spiro atoms. The molecular formula is C14H20N2O7S2. The molecule has 1 unspecified atom stereocenters. The van der Waals surface area contributed by atoms with Gasteiger partial charge in [0.25, 0.3) is 5.91 Å². The minimum atomic E-state index is -3.69. The molecule has 1 N–H and O–H groups in total. The van der Waals surface area contributed by atoms with Crippen LogP contribution in [0, 0.1) is 0 Å². The van der Waals surface area contributed by atoms with Crippen LogP contribution in [0.2, 0.25) is 0 Å². The summed E-state index contributed by atoms with van der Waals surface area (Å²) in [6.45, 7) is 0.0546. The van der Waals surface area contributed by atoms with E-state index < -0.39 is 28.6 Å². The summed E-state index contributed by atoms with van der Waals surface area (Å²) < 4.78 is 34.9. The Labute approximate surface area is 149 Å². The van der Waals surface area contributed by atoms with Gasteiger partial charge in [0.1, 0.15) is 12.3 Å². The van der Waals surface area contributed by atoms with Crippen LogP contribution >= 0.6 is 11.3 Å². The third-order valence-electron chi connectivity index (χ3n) is 3.64. The first kappa shape index (κ1) is 19.6. The van der Waals surface area contributed by atoms with Crippen LogP contribution < -0.4 is 4.74 Å². The molecule has 1 fully saturated rings. The van der Waals surface area contributed by atoms with E-state index in [1.165, 1.54) is 18.4 Å². The second kappa shape index (κ2) is 8.13. The smallest absolute Gasteiger partial charge is 0.318 e. The highest BCUT2D eigenvalue weighted by Crippen LogP contribution is 2.23. The molecule has 1 aliphatic heterocycles. The molecule has 1 aromatic rings. The van der Waals surface area contributed by atoms with Gasteiger partial charge in [0.05, 0.1) is 31.0 Å². The number of methoxy groups -OCH3 is 1. The van der Waals surface area contributed by atoms with Crippen LogP contribution in [0.4, 0.5) is 0 Å². The first-order chi connectivity index (χ1) is 11.7. The van der Waals surface area contributed by atoms with Crippen LogP contribution in [0.5, 0.6) is 5.75 Å². The van der Waals surface area contributed by atoms with Crippen molar-refractivity contribution >= 4 is 33.2 Å². The lowest BCUT2D eigenvalue weighted by molar-refractivity contribution is -0.137. The maximum atomic E-state index is 12.5. The minimum absolute atomic E-state index is 0.122. The van der Waals surface area contributed by atoms with Crippen molar-refractivity contribution in [3.8, 4) is 5.75 Å². The van der Waals surface area contributed by atoms with E-state index in [1.54, 1.807) is 16.3 Å². The molecule has 2 rings (SSSR count). The number of ether oxygens (including phenoxy) is 2. The van der Waals surface area contributed by atoms with Crippen molar-refractivity contribution in [1.29, 1.82) is 0 Å². The molecule has 0 radical (unpaired) electrons. The molecule has 1 saturated heterocycles. The number of nitrogens with zero attached hydrogens (tertiary/aromatic N) is 2. The quantitative estimate of drug-likeness (QED) is 0.692. The van der Waals surface area contributed by atoms with Crippen molar-refractivity contribution < 1.29 is 32.6 Å². The number of amides is 1. The molecule has 11 heteroatoms. The van der Waals surface area contributed by atoms with E-state index in [-0.39, 0.29) is 25.6 Å². The number of sulfonamides is 1. The van der Waals surface area contributed by atoms with E-state index in [0.29, 0.717) is 17.2 Å². The van der Waals surface area contributed by atoms with Crippen LogP contribution in [-0.4, -0.2) is 86.9 Å². The van der Waals surface area contributed by atoms with E-state index in [1.807, 2.05) is 0 Å². The van der Waals surface area contributed by atoms with Crippen LogP contribution in [0.15, 0.2) is 11.4 Å². The van der Waals surface area contributed by atoms with Crippen molar-refractivity contribution in [2.75, 3.05) is 46.2 Å². The summed E-state index contributed by atoms with van der Waals surface area (Å²) in [6.07, 6.45) is 0.355. The molecule has 2 heterocycles. The Kier molecular flexibility index (Phi) is 6.38. The minimum Gasteiger partial charge on any atom is -0.496 e. The Balaban J connectivity index is 2.04. The Morgan fingerprint density at radius 2 is 2.24 bits per heavy atom. The van der Waals surface area contributed by atoms with Crippen LogP contribution in [0.25, 0.3) is 0 Å². The highest BCUT2D eigenvalue weighted by atomic mass is 32.2. The van der Waals surface area contributed by atoms with Crippen LogP contribution in [0.3, 0.4) is 0 Å². The molecule has 1 aliphatic rings. The summed E-state index contributed by atoms with van der Waals surface area (Å²) >= 11 is 1.26. The van der Waals surface area contributed by atoms with Gasteiger partial charge in [-0.25, -0.2) is 8.42 Å². The molecule has 140 valence electrons. The monoisotopic (exact) mass is 392 g/mol. The number of thiophene rings is 1. The number of morpholine rings is 1. The fraction of sp³-hybridized carbons (Fsp3) is 0.571. The summed E-state index contributed by atoms with van der Waals surface area (Å²) in [6, 6.07) is 1.64. The predicted octanol–water partition coefficient (Wildman–Crippen LogP) is -0.0561. The Morgan fingerprint density at radius 3 is 2.80 bits per heavy atom. The molecule has 9 nitrogen and oxygen atoms in total. The zero-order valence-corrected chi connectivity index (χ0v) is 15.5. The molecule has 25 heavy (non-hydrogen) atoms. The maximum absolute atomic E-state index is 12.5. The average Bonchev–Trinajstić information content (AvgIpc) is 3.01. The van der Waals surface area contributed by atoms with Gasteiger partial charge in [0, 0.05) is 31.1 Å².